The molecule has 1 amide bonds. The maximum absolute atomic E-state index is 13.4. The number of hydrogen-bond donors (Lipinski definition) is 0. The third-order valence-electron chi connectivity index (χ3n) is 5.17. The topological polar surface area (TPSA) is 60.2 Å². The Kier molecular flexibility index (Phi) is 5.42. The van der Waals surface area contributed by atoms with Gasteiger partial charge in [-0.05, 0) is 24.1 Å². The first-order valence-electron chi connectivity index (χ1n) is 9.74. The van der Waals surface area contributed by atoms with E-state index in [9.17, 15) is 4.79 Å². The number of ether oxygens (including phenoxy) is 1. The molecule has 1 aliphatic rings. The van der Waals surface area contributed by atoms with Gasteiger partial charge in [-0.25, -0.2) is 0 Å². The average molecular weight is 388 g/mol. The molecule has 0 atom stereocenters. The lowest BCUT2D eigenvalue weighted by Crippen LogP contribution is -2.28. The van der Waals surface area contributed by atoms with E-state index >= 15 is 0 Å². The summed E-state index contributed by atoms with van der Waals surface area (Å²) in [6, 6.07) is 17.4. The molecular weight excluding hydrogens is 364 g/mol. The molecule has 4 rings (SSSR count). The second-order valence-electron chi connectivity index (χ2n) is 7.11. The van der Waals surface area contributed by atoms with Gasteiger partial charge in [0.25, 0.3) is 5.91 Å². The van der Waals surface area contributed by atoms with Gasteiger partial charge in [-0.2, -0.15) is 0 Å². The molecule has 0 spiro atoms. The van der Waals surface area contributed by atoms with E-state index in [4.69, 9.17) is 4.74 Å². The van der Waals surface area contributed by atoms with Crippen LogP contribution in [0, 0.1) is 0 Å². The molecule has 3 aromatic rings. The Bertz CT molecular complexity index is 1040. The smallest absolute Gasteiger partial charge is 0.254 e. The first-order chi connectivity index (χ1) is 14.2. The van der Waals surface area contributed by atoms with E-state index in [-0.39, 0.29) is 5.91 Å². The van der Waals surface area contributed by atoms with Crippen LogP contribution in [0.15, 0.2) is 54.6 Å². The van der Waals surface area contributed by atoms with Crippen LogP contribution in [0.1, 0.15) is 29.2 Å². The Morgan fingerprint density at radius 1 is 1.14 bits per heavy atom. The number of para-hydroxylation sites is 1. The number of methoxy groups -OCH3 is 1. The van der Waals surface area contributed by atoms with Crippen molar-refractivity contribution in [2.24, 2.45) is 0 Å². The number of hydrogen-bond acceptors (Lipinski definition) is 4. The molecule has 1 aromatic heterocycles. The number of rotatable bonds is 6. The SMILES string of the molecule is COc1ccccc1C=C(C(=O)N(C)Cc1nnc2n1CCC2)c1ccccc1. The average Bonchev–Trinajstić information content (AvgIpc) is 3.37. The summed E-state index contributed by atoms with van der Waals surface area (Å²) >= 11 is 0. The predicted octanol–water partition coefficient (Wildman–Crippen LogP) is 3.43. The highest BCUT2D eigenvalue weighted by molar-refractivity contribution is 6.24. The fourth-order valence-corrected chi connectivity index (χ4v) is 3.64. The van der Waals surface area contributed by atoms with Crippen LogP contribution >= 0.6 is 0 Å². The van der Waals surface area contributed by atoms with Gasteiger partial charge in [-0.3, -0.25) is 4.79 Å². The summed E-state index contributed by atoms with van der Waals surface area (Å²) < 4.78 is 7.59. The minimum absolute atomic E-state index is 0.0718. The summed E-state index contributed by atoms with van der Waals surface area (Å²) in [4.78, 5) is 15.1. The van der Waals surface area contributed by atoms with Crippen LogP contribution in [0.2, 0.25) is 0 Å². The van der Waals surface area contributed by atoms with Crippen LogP contribution in [-0.2, 0) is 24.3 Å². The number of fused-ring (bicyclic) bond motifs is 1. The zero-order chi connectivity index (χ0) is 20.2. The second-order valence-corrected chi connectivity index (χ2v) is 7.11. The van der Waals surface area contributed by atoms with Crippen molar-refractivity contribution in [3.8, 4) is 5.75 Å². The van der Waals surface area contributed by atoms with Gasteiger partial charge < -0.3 is 14.2 Å². The van der Waals surface area contributed by atoms with Gasteiger partial charge in [0.05, 0.1) is 13.7 Å². The van der Waals surface area contributed by atoms with Crippen LogP contribution in [0.25, 0.3) is 11.6 Å². The standard InChI is InChI=1S/C23H24N4O2/c1-26(16-22-25-24-21-13-8-14-27(21)22)23(28)19(17-9-4-3-5-10-17)15-18-11-6-7-12-20(18)29-2/h3-7,9-12,15H,8,13-14,16H2,1-2H3. The maximum Gasteiger partial charge on any atom is 0.254 e. The summed E-state index contributed by atoms with van der Waals surface area (Å²) in [5.74, 6) is 2.50. The molecule has 6 heteroatoms. The van der Waals surface area contributed by atoms with Crippen molar-refractivity contribution in [3.63, 3.8) is 0 Å². The van der Waals surface area contributed by atoms with Gasteiger partial charge in [-0.1, -0.05) is 48.5 Å². The zero-order valence-corrected chi connectivity index (χ0v) is 16.7. The lowest BCUT2D eigenvalue weighted by molar-refractivity contribution is -0.124. The van der Waals surface area contributed by atoms with Crippen molar-refractivity contribution in [1.82, 2.24) is 19.7 Å². The van der Waals surface area contributed by atoms with Crippen molar-refractivity contribution in [2.45, 2.75) is 25.9 Å². The number of nitrogens with zero attached hydrogens (tertiary/aromatic N) is 4. The summed E-state index contributed by atoms with van der Waals surface area (Å²) in [6.45, 7) is 1.34. The molecule has 1 aliphatic heterocycles. The Hall–Kier alpha value is -3.41. The highest BCUT2D eigenvalue weighted by Gasteiger charge is 2.22. The van der Waals surface area contributed by atoms with E-state index in [0.29, 0.717) is 12.1 Å². The molecule has 0 radical (unpaired) electrons. The van der Waals surface area contributed by atoms with Gasteiger partial charge in [0.2, 0.25) is 0 Å². The van der Waals surface area contributed by atoms with E-state index in [1.54, 1.807) is 19.1 Å². The molecule has 0 saturated heterocycles. The number of aryl methyl sites for hydroxylation is 1. The van der Waals surface area contributed by atoms with Gasteiger partial charge in [-0.15, -0.1) is 10.2 Å². The van der Waals surface area contributed by atoms with Crippen molar-refractivity contribution >= 4 is 17.6 Å². The minimum Gasteiger partial charge on any atom is -0.496 e. The molecule has 2 heterocycles. The molecule has 2 aromatic carbocycles. The summed E-state index contributed by atoms with van der Waals surface area (Å²) in [6.07, 6.45) is 3.92. The van der Waals surface area contributed by atoms with Gasteiger partial charge >= 0.3 is 0 Å². The van der Waals surface area contributed by atoms with Crippen LogP contribution in [0.5, 0.6) is 5.75 Å². The third kappa shape index (κ3) is 3.92. The minimum atomic E-state index is -0.0718. The van der Waals surface area contributed by atoms with Crippen LogP contribution in [-0.4, -0.2) is 39.7 Å². The number of carbonyl (C=O) groups excluding carboxylic acids is 1. The molecule has 0 bridgehead atoms. The number of amides is 1. The molecule has 0 aliphatic carbocycles. The molecule has 6 nitrogen and oxygen atoms in total. The molecule has 148 valence electrons. The third-order valence-corrected chi connectivity index (χ3v) is 5.17. The predicted molar refractivity (Wildman–Crippen MR) is 112 cm³/mol. The number of aromatic nitrogens is 3. The number of carbonyl (C=O) groups is 1. The molecule has 0 unspecified atom stereocenters. The van der Waals surface area contributed by atoms with Crippen LogP contribution < -0.4 is 4.74 Å². The van der Waals surface area contributed by atoms with Gasteiger partial charge in [0.1, 0.15) is 11.6 Å². The fraction of sp³-hybridized carbons (Fsp3) is 0.261. The Balaban J connectivity index is 1.67. The van der Waals surface area contributed by atoms with Gasteiger partial charge in [0, 0.05) is 31.1 Å². The Labute approximate surface area is 170 Å². The quantitative estimate of drug-likeness (QED) is 0.479. The fourth-order valence-electron chi connectivity index (χ4n) is 3.64. The Morgan fingerprint density at radius 3 is 2.69 bits per heavy atom. The van der Waals surface area contributed by atoms with E-state index in [1.165, 1.54) is 0 Å². The lowest BCUT2D eigenvalue weighted by Gasteiger charge is -2.19. The highest BCUT2D eigenvalue weighted by atomic mass is 16.5. The highest BCUT2D eigenvalue weighted by Crippen LogP contribution is 2.26. The zero-order valence-electron chi connectivity index (χ0n) is 16.7. The first kappa shape index (κ1) is 18.9. The Morgan fingerprint density at radius 2 is 1.90 bits per heavy atom. The normalized spacial score (nSPS) is 13.2. The van der Waals surface area contributed by atoms with E-state index in [2.05, 4.69) is 14.8 Å². The first-order valence-corrected chi connectivity index (χ1v) is 9.74. The number of benzene rings is 2. The van der Waals surface area contributed by atoms with Gasteiger partial charge in [0.15, 0.2) is 5.82 Å². The van der Waals surface area contributed by atoms with E-state index in [1.807, 2.05) is 60.7 Å². The maximum atomic E-state index is 13.4. The van der Waals surface area contributed by atoms with Crippen molar-refractivity contribution in [1.29, 1.82) is 0 Å². The molecule has 29 heavy (non-hydrogen) atoms. The van der Waals surface area contributed by atoms with Crippen molar-refractivity contribution in [3.05, 3.63) is 77.4 Å². The summed E-state index contributed by atoms with van der Waals surface area (Å²) in [7, 11) is 3.44. The molecule has 0 saturated carbocycles. The molecule has 0 N–H and O–H groups in total. The summed E-state index contributed by atoms with van der Waals surface area (Å²) in [5.41, 5.74) is 2.33. The van der Waals surface area contributed by atoms with Crippen molar-refractivity contribution < 1.29 is 9.53 Å². The molecular formula is C23H24N4O2. The van der Waals surface area contributed by atoms with E-state index < -0.39 is 0 Å². The monoisotopic (exact) mass is 388 g/mol. The number of likely N-dealkylation sites (N-methyl/N-ethyl adjacent to an activating group) is 1. The summed E-state index contributed by atoms with van der Waals surface area (Å²) in [5, 5.41) is 8.53. The molecule has 0 fully saturated rings. The lowest BCUT2D eigenvalue weighted by atomic mass is 10.0. The van der Waals surface area contributed by atoms with Crippen LogP contribution in [0.3, 0.4) is 0 Å². The second kappa shape index (κ2) is 8.31. The van der Waals surface area contributed by atoms with Crippen LogP contribution in [0.4, 0.5) is 0 Å². The van der Waals surface area contributed by atoms with Crippen molar-refractivity contribution in [2.75, 3.05) is 14.2 Å². The van der Waals surface area contributed by atoms with E-state index in [0.717, 1.165) is 47.9 Å². The largest absolute Gasteiger partial charge is 0.496 e.